The Hall–Kier alpha value is -2.38. The van der Waals surface area contributed by atoms with Gasteiger partial charge in [0.2, 0.25) is 20.0 Å². The molecule has 0 aliphatic carbocycles. The molecule has 2 aromatic carbocycles. The average molecular weight is 500 g/mol. The van der Waals surface area contributed by atoms with Crippen LogP contribution in [0, 0.1) is 5.82 Å². The molecular formula is C21H26FN3O6S2. The molecule has 1 amide bonds. The molecule has 3 rings (SSSR count). The summed E-state index contributed by atoms with van der Waals surface area (Å²) in [5.74, 6) is -1.74. The third-order valence-electron chi connectivity index (χ3n) is 5.31. The van der Waals surface area contributed by atoms with Gasteiger partial charge in [-0.3, -0.25) is 4.79 Å². The monoisotopic (exact) mass is 499 g/mol. The van der Waals surface area contributed by atoms with Gasteiger partial charge < -0.3 is 10.1 Å². The normalized spacial score (nSPS) is 15.7. The summed E-state index contributed by atoms with van der Waals surface area (Å²) in [6, 6.07) is 8.22. The van der Waals surface area contributed by atoms with Gasteiger partial charge in [0, 0.05) is 31.9 Å². The molecule has 1 fully saturated rings. The predicted octanol–water partition coefficient (Wildman–Crippen LogP) is 2.13. The van der Waals surface area contributed by atoms with Gasteiger partial charge in [0.1, 0.15) is 5.82 Å². The number of hydrogen-bond acceptors (Lipinski definition) is 6. The van der Waals surface area contributed by atoms with Gasteiger partial charge in [0.25, 0.3) is 5.91 Å². The quantitative estimate of drug-likeness (QED) is 0.625. The van der Waals surface area contributed by atoms with Crippen molar-refractivity contribution in [3.63, 3.8) is 0 Å². The van der Waals surface area contributed by atoms with Crippen molar-refractivity contribution in [3.8, 4) is 0 Å². The number of hydrogen-bond donors (Lipinski definition) is 1. The van der Waals surface area contributed by atoms with Crippen molar-refractivity contribution >= 4 is 31.6 Å². The van der Waals surface area contributed by atoms with Crippen LogP contribution in [0.25, 0.3) is 0 Å². The van der Waals surface area contributed by atoms with Crippen molar-refractivity contribution in [2.75, 3.05) is 38.7 Å². The van der Waals surface area contributed by atoms with E-state index in [9.17, 15) is 26.0 Å². The Bertz CT molecular complexity index is 1230. The molecular weight excluding hydrogens is 473 g/mol. The van der Waals surface area contributed by atoms with Crippen LogP contribution in [0.1, 0.15) is 24.2 Å². The van der Waals surface area contributed by atoms with E-state index in [1.807, 2.05) is 0 Å². The SMILES string of the molecule is CC(C)N(C)S(=O)(=O)c1ccc(NC(=O)c2cc(S(=O)(=O)N3CCOCC3)ccc2F)cc1. The van der Waals surface area contributed by atoms with Crippen molar-refractivity contribution in [2.24, 2.45) is 0 Å². The topological polar surface area (TPSA) is 113 Å². The number of carbonyl (C=O) groups excluding carboxylic acids is 1. The van der Waals surface area contributed by atoms with Crippen LogP contribution in [0.3, 0.4) is 0 Å². The third kappa shape index (κ3) is 5.41. The van der Waals surface area contributed by atoms with Crippen LogP contribution in [0.5, 0.6) is 0 Å². The second-order valence-corrected chi connectivity index (χ2v) is 11.7. The van der Waals surface area contributed by atoms with E-state index in [1.54, 1.807) is 13.8 Å². The number of ether oxygens (including phenoxy) is 1. The van der Waals surface area contributed by atoms with E-state index < -0.39 is 37.3 Å². The lowest BCUT2D eigenvalue weighted by atomic mass is 10.2. The summed E-state index contributed by atoms with van der Waals surface area (Å²) in [5.41, 5.74) is -0.215. The van der Waals surface area contributed by atoms with Crippen LogP contribution < -0.4 is 5.32 Å². The van der Waals surface area contributed by atoms with Gasteiger partial charge in [-0.2, -0.15) is 8.61 Å². The van der Waals surface area contributed by atoms with E-state index >= 15 is 0 Å². The standard InChI is InChI=1S/C21H26FN3O6S2/c1-15(2)24(3)32(27,28)17-6-4-16(5-7-17)23-21(26)19-14-18(8-9-20(19)22)33(29,30)25-10-12-31-13-11-25/h4-9,14-15H,10-13H2,1-3H3,(H,23,26). The molecule has 0 bridgehead atoms. The van der Waals surface area contributed by atoms with E-state index in [1.165, 1.54) is 39.9 Å². The molecule has 1 aliphatic heterocycles. The molecule has 1 heterocycles. The molecule has 1 aliphatic rings. The summed E-state index contributed by atoms with van der Waals surface area (Å²) in [7, 11) is -6.14. The van der Waals surface area contributed by atoms with E-state index in [0.717, 1.165) is 18.2 Å². The Balaban J connectivity index is 1.81. The number of morpholine rings is 1. The number of anilines is 1. The van der Waals surface area contributed by atoms with Crippen molar-refractivity contribution < 1.29 is 30.8 Å². The Labute approximate surface area is 193 Å². The Morgan fingerprint density at radius 3 is 2.18 bits per heavy atom. The lowest BCUT2D eigenvalue weighted by molar-refractivity contribution is 0.0730. The summed E-state index contributed by atoms with van der Waals surface area (Å²) in [6.45, 7) is 4.34. The molecule has 0 spiro atoms. The zero-order valence-corrected chi connectivity index (χ0v) is 20.1. The molecule has 180 valence electrons. The fourth-order valence-corrected chi connectivity index (χ4v) is 5.93. The van der Waals surface area contributed by atoms with Crippen LogP contribution in [0.2, 0.25) is 0 Å². The lowest BCUT2D eigenvalue weighted by Gasteiger charge is -2.26. The van der Waals surface area contributed by atoms with Crippen LogP contribution in [-0.2, 0) is 24.8 Å². The second-order valence-electron chi connectivity index (χ2n) is 7.75. The summed E-state index contributed by atoms with van der Waals surface area (Å²) in [5, 5.41) is 2.47. The number of sulfonamides is 2. The van der Waals surface area contributed by atoms with Crippen molar-refractivity contribution in [3.05, 3.63) is 53.8 Å². The second kappa shape index (κ2) is 9.85. The minimum absolute atomic E-state index is 0.0430. The average Bonchev–Trinajstić information content (AvgIpc) is 2.79. The van der Waals surface area contributed by atoms with E-state index in [2.05, 4.69) is 5.32 Å². The maximum absolute atomic E-state index is 14.4. The minimum atomic E-state index is -3.91. The first kappa shape index (κ1) is 25.2. The molecule has 1 N–H and O–H groups in total. The molecule has 1 saturated heterocycles. The van der Waals surface area contributed by atoms with Gasteiger partial charge in [0.05, 0.1) is 28.6 Å². The molecule has 0 radical (unpaired) electrons. The van der Waals surface area contributed by atoms with Crippen molar-refractivity contribution in [2.45, 2.75) is 29.7 Å². The predicted molar refractivity (Wildman–Crippen MR) is 120 cm³/mol. The number of amides is 1. The largest absolute Gasteiger partial charge is 0.379 e. The fourth-order valence-electron chi connectivity index (χ4n) is 3.13. The minimum Gasteiger partial charge on any atom is -0.379 e. The zero-order chi connectivity index (χ0) is 24.4. The first-order valence-electron chi connectivity index (χ1n) is 10.2. The molecule has 33 heavy (non-hydrogen) atoms. The van der Waals surface area contributed by atoms with Crippen LogP contribution in [-0.4, -0.2) is 70.7 Å². The number of nitrogens with zero attached hydrogens (tertiary/aromatic N) is 2. The van der Waals surface area contributed by atoms with Gasteiger partial charge in [-0.05, 0) is 56.3 Å². The number of carbonyl (C=O) groups is 1. The number of halogens is 1. The van der Waals surface area contributed by atoms with Crippen LogP contribution in [0.15, 0.2) is 52.3 Å². The van der Waals surface area contributed by atoms with Gasteiger partial charge in [0.15, 0.2) is 0 Å². The van der Waals surface area contributed by atoms with Crippen molar-refractivity contribution in [1.29, 1.82) is 0 Å². The smallest absolute Gasteiger partial charge is 0.258 e. The zero-order valence-electron chi connectivity index (χ0n) is 18.5. The number of nitrogens with one attached hydrogen (secondary N) is 1. The van der Waals surface area contributed by atoms with Crippen LogP contribution in [0.4, 0.5) is 10.1 Å². The van der Waals surface area contributed by atoms with E-state index in [0.29, 0.717) is 0 Å². The van der Waals surface area contributed by atoms with Gasteiger partial charge in [-0.1, -0.05) is 0 Å². The number of rotatable bonds is 7. The summed E-state index contributed by atoms with van der Waals surface area (Å²) < 4.78 is 72.7. The summed E-state index contributed by atoms with van der Waals surface area (Å²) in [4.78, 5) is 12.5. The highest BCUT2D eigenvalue weighted by atomic mass is 32.2. The Morgan fingerprint density at radius 2 is 1.61 bits per heavy atom. The van der Waals surface area contributed by atoms with E-state index in [4.69, 9.17) is 4.74 Å². The summed E-state index contributed by atoms with van der Waals surface area (Å²) in [6.07, 6.45) is 0. The summed E-state index contributed by atoms with van der Waals surface area (Å²) >= 11 is 0. The fraction of sp³-hybridized carbons (Fsp3) is 0.381. The van der Waals surface area contributed by atoms with Gasteiger partial charge >= 0.3 is 0 Å². The highest BCUT2D eigenvalue weighted by Crippen LogP contribution is 2.23. The molecule has 12 heteroatoms. The van der Waals surface area contributed by atoms with Gasteiger partial charge in [-0.15, -0.1) is 0 Å². The molecule has 2 aromatic rings. The first-order chi connectivity index (χ1) is 15.4. The van der Waals surface area contributed by atoms with Crippen LogP contribution >= 0.6 is 0 Å². The van der Waals surface area contributed by atoms with Crippen molar-refractivity contribution in [1.82, 2.24) is 8.61 Å². The maximum atomic E-state index is 14.4. The molecule has 9 nitrogen and oxygen atoms in total. The maximum Gasteiger partial charge on any atom is 0.258 e. The molecule has 0 saturated carbocycles. The first-order valence-corrected chi connectivity index (χ1v) is 13.1. The lowest BCUT2D eigenvalue weighted by Crippen LogP contribution is -2.40. The number of benzene rings is 2. The molecule has 0 unspecified atom stereocenters. The molecule has 0 atom stereocenters. The Morgan fingerprint density at radius 1 is 1.03 bits per heavy atom. The third-order valence-corrected chi connectivity index (χ3v) is 9.25. The Kier molecular flexibility index (Phi) is 7.54. The van der Waals surface area contributed by atoms with E-state index in [-0.39, 0.29) is 47.8 Å². The highest BCUT2D eigenvalue weighted by Gasteiger charge is 2.28. The van der Waals surface area contributed by atoms with Gasteiger partial charge in [-0.25, -0.2) is 21.2 Å². The molecule has 0 aromatic heterocycles. The highest BCUT2D eigenvalue weighted by molar-refractivity contribution is 7.89.